The maximum absolute atomic E-state index is 8.44. The Morgan fingerprint density at radius 2 is 1.93 bits per heavy atom. The molecule has 1 aliphatic heterocycles. The van der Waals surface area contributed by atoms with Crippen LogP contribution >= 0.6 is 0 Å². The van der Waals surface area contributed by atoms with Crippen LogP contribution in [0.3, 0.4) is 0 Å². The molecule has 1 rings (SSSR count). The monoisotopic (exact) mass is 197 g/mol. The van der Waals surface area contributed by atoms with E-state index >= 15 is 0 Å². The lowest BCUT2D eigenvalue weighted by Gasteiger charge is -2.16. The van der Waals surface area contributed by atoms with Gasteiger partial charge in [0.25, 0.3) is 0 Å². The van der Waals surface area contributed by atoms with Gasteiger partial charge in [-0.1, -0.05) is 6.92 Å². The fourth-order valence-electron chi connectivity index (χ4n) is 1.88. The molecule has 0 unspecified atom stereocenters. The van der Waals surface area contributed by atoms with Crippen LogP contribution in [0.15, 0.2) is 0 Å². The molecule has 2 atom stereocenters. The molecule has 0 spiro atoms. The zero-order valence-electron chi connectivity index (χ0n) is 9.25. The van der Waals surface area contributed by atoms with Crippen molar-refractivity contribution in [3.63, 3.8) is 0 Å². The third kappa shape index (κ3) is 2.97. The van der Waals surface area contributed by atoms with Crippen LogP contribution in [0.1, 0.15) is 46.5 Å². The molecule has 1 heterocycles. The number of unbranched alkanes of at least 4 members (excludes halogenated alkanes) is 1. The Hall–Kier alpha value is -0.590. The zero-order valence-corrected chi connectivity index (χ0v) is 9.25. The number of hydrogen-bond acceptors (Lipinski definition) is 3. The SMILES string of the molecule is CC[C@@H]1OC(C)(C)O[C@@H]1CCCC#N. The highest BCUT2D eigenvalue weighted by atomic mass is 16.7. The lowest BCUT2D eigenvalue weighted by Crippen LogP contribution is -2.21. The Labute approximate surface area is 86.0 Å². The Morgan fingerprint density at radius 3 is 2.50 bits per heavy atom. The molecule has 0 radical (unpaired) electrons. The van der Waals surface area contributed by atoms with Gasteiger partial charge < -0.3 is 9.47 Å². The van der Waals surface area contributed by atoms with Gasteiger partial charge in [-0.25, -0.2) is 0 Å². The fourth-order valence-corrected chi connectivity index (χ4v) is 1.88. The molecule has 0 amide bonds. The molecule has 14 heavy (non-hydrogen) atoms. The average molecular weight is 197 g/mol. The van der Waals surface area contributed by atoms with Crippen LogP contribution in [0.5, 0.6) is 0 Å². The third-order valence-electron chi connectivity index (χ3n) is 2.46. The minimum Gasteiger partial charge on any atom is -0.345 e. The molecule has 3 heteroatoms. The Bertz CT molecular complexity index is 220. The van der Waals surface area contributed by atoms with Gasteiger partial charge >= 0.3 is 0 Å². The Morgan fingerprint density at radius 1 is 1.29 bits per heavy atom. The predicted octanol–water partition coefficient (Wildman–Crippen LogP) is 2.61. The largest absolute Gasteiger partial charge is 0.345 e. The van der Waals surface area contributed by atoms with Gasteiger partial charge in [0, 0.05) is 6.42 Å². The van der Waals surface area contributed by atoms with E-state index in [9.17, 15) is 0 Å². The van der Waals surface area contributed by atoms with Crippen LogP contribution in [0.25, 0.3) is 0 Å². The van der Waals surface area contributed by atoms with Crippen LogP contribution < -0.4 is 0 Å². The van der Waals surface area contributed by atoms with E-state index in [0.717, 1.165) is 19.3 Å². The summed E-state index contributed by atoms with van der Waals surface area (Å²) in [6.45, 7) is 5.99. The molecule has 1 fully saturated rings. The first-order chi connectivity index (χ1) is 6.59. The summed E-state index contributed by atoms with van der Waals surface area (Å²) in [5.41, 5.74) is 0. The number of nitrogens with zero attached hydrogens (tertiary/aromatic N) is 1. The molecule has 0 aromatic carbocycles. The average Bonchev–Trinajstić information content (AvgIpc) is 2.41. The second-order valence-corrected chi connectivity index (χ2v) is 4.17. The first-order valence-corrected chi connectivity index (χ1v) is 5.31. The van der Waals surface area contributed by atoms with Gasteiger partial charge in [-0.2, -0.15) is 5.26 Å². The van der Waals surface area contributed by atoms with E-state index in [1.165, 1.54) is 0 Å². The van der Waals surface area contributed by atoms with Gasteiger partial charge in [0.1, 0.15) is 0 Å². The van der Waals surface area contributed by atoms with E-state index in [1.807, 2.05) is 13.8 Å². The van der Waals surface area contributed by atoms with Crippen LogP contribution in [0, 0.1) is 11.3 Å². The van der Waals surface area contributed by atoms with Crippen molar-refractivity contribution in [1.29, 1.82) is 5.26 Å². The highest BCUT2D eigenvalue weighted by Gasteiger charge is 2.39. The van der Waals surface area contributed by atoms with Crippen molar-refractivity contribution in [1.82, 2.24) is 0 Å². The maximum atomic E-state index is 8.44. The highest BCUT2D eigenvalue weighted by Crippen LogP contribution is 2.32. The smallest absolute Gasteiger partial charge is 0.163 e. The van der Waals surface area contributed by atoms with Crippen molar-refractivity contribution >= 4 is 0 Å². The van der Waals surface area contributed by atoms with Gasteiger partial charge in [-0.3, -0.25) is 0 Å². The van der Waals surface area contributed by atoms with Crippen LogP contribution in [-0.2, 0) is 9.47 Å². The molecule has 0 saturated carbocycles. The topological polar surface area (TPSA) is 42.2 Å². The van der Waals surface area contributed by atoms with E-state index < -0.39 is 5.79 Å². The summed E-state index contributed by atoms with van der Waals surface area (Å²) in [7, 11) is 0. The van der Waals surface area contributed by atoms with Gasteiger partial charge in [0.2, 0.25) is 0 Å². The molecular formula is C11H19NO2. The first-order valence-electron chi connectivity index (χ1n) is 5.31. The maximum Gasteiger partial charge on any atom is 0.163 e. The van der Waals surface area contributed by atoms with Gasteiger partial charge in [-0.05, 0) is 33.1 Å². The number of hydrogen-bond donors (Lipinski definition) is 0. The second-order valence-electron chi connectivity index (χ2n) is 4.17. The molecular weight excluding hydrogens is 178 g/mol. The fraction of sp³-hybridized carbons (Fsp3) is 0.909. The molecule has 3 nitrogen and oxygen atoms in total. The zero-order chi connectivity index (χ0) is 10.6. The van der Waals surface area contributed by atoms with E-state index in [1.54, 1.807) is 0 Å². The standard InChI is InChI=1S/C11H19NO2/c1-4-9-10(7-5-6-8-12)14-11(2,3)13-9/h9-10H,4-7H2,1-3H3/t9-,10+/m0/s1. The molecule has 0 bridgehead atoms. The minimum absolute atomic E-state index is 0.170. The summed E-state index contributed by atoms with van der Waals surface area (Å²) >= 11 is 0. The lowest BCUT2D eigenvalue weighted by molar-refractivity contribution is -0.146. The molecule has 0 N–H and O–H groups in total. The van der Waals surface area contributed by atoms with Gasteiger partial charge in [0.15, 0.2) is 5.79 Å². The molecule has 0 aromatic rings. The molecule has 1 saturated heterocycles. The normalized spacial score (nSPS) is 30.1. The Kier molecular flexibility index (Phi) is 3.91. The highest BCUT2D eigenvalue weighted by molar-refractivity contribution is 4.81. The van der Waals surface area contributed by atoms with Gasteiger partial charge in [0.05, 0.1) is 18.3 Å². The number of rotatable bonds is 4. The summed E-state index contributed by atoms with van der Waals surface area (Å²) in [5, 5.41) is 8.44. The predicted molar refractivity (Wildman–Crippen MR) is 53.6 cm³/mol. The third-order valence-corrected chi connectivity index (χ3v) is 2.46. The summed E-state index contributed by atoms with van der Waals surface area (Å²) < 4.78 is 11.5. The second kappa shape index (κ2) is 4.77. The van der Waals surface area contributed by atoms with Crippen molar-refractivity contribution < 1.29 is 9.47 Å². The van der Waals surface area contributed by atoms with Crippen molar-refractivity contribution in [2.24, 2.45) is 0 Å². The summed E-state index contributed by atoms with van der Waals surface area (Å²) in [6.07, 6.45) is 3.77. The number of nitriles is 1. The van der Waals surface area contributed by atoms with E-state index in [2.05, 4.69) is 13.0 Å². The molecule has 1 aliphatic rings. The van der Waals surface area contributed by atoms with Crippen molar-refractivity contribution in [2.75, 3.05) is 0 Å². The van der Waals surface area contributed by atoms with Crippen molar-refractivity contribution in [2.45, 2.75) is 64.4 Å². The molecule has 0 aromatic heterocycles. The van der Waals surface area contributed by atoms with Crippen LogP contribution in [0.4, 0.5) is 0 Å². The molecule has 0 aliphatic carbocycles. The summed E-state index contributed by atoms with van der Waals surface area (Å²) in [6, 6.07) is 2.15. The van der Waals surface area contributed by atoms with E-state index in [0.29, 0.717) is 6.42 Å². The summed E-state index contributed by atoms with van der Waals surface area (Å²) in [4.78, 5) is 0. The van der Waals surface area contributed by atoms with E-state index in [4.69, 9.17) is 14.7 Å². The number of ether oxygens (including phenoxy) is 2. The molecule has 80 valence electrons. The van der Waals surface area contributed by atoms with Gasteiger partial charge in [-0.15, -0.1) is 0 Å². The minimum atomic E-state index is -0.446. The first kappa shape index (κ1) is 11.5. The summed E-state index contributed by atoms with van der Waals surface area (Å²) in [5.74, 6) is -0.446. The van der Waals surface area contributed by atoms with Crippen LogP contribution in [0.2, 0.25) is 0 Å². The van der Waals surface area contributed by atoms with Crippen molar-refractivity contribution in [3.05, 3.63) is 0 Å². The van der Waals surface area contributed by atoms with Crippen molar-refractivity contribution in [3.8, 4) is 6.07 Å². The lowest BCUT2D eigenvalue weighted by atomic mass is 10.1. The van der Waals surface area contributed by atoms with Crippen LogP contribution in [-0.4, -0.2) is 18.0 Å². The Balaban J connectivity index is 2.40. The van der Waals surface area contributed by atoms with E-state index in [-0.39, 0.29) is 12.2 Å². The quantitative estimate of drug-likeness (QED) is 0.650.